The topological polar surface area (TPSA) is 75.6 Å². The van der Waals surface area contributed by atoms with Crippen molar-refractivity contribution < 1.29 is 19.4 Å². The van der Waals surface area contributed by atoms with Crippen LogP contribution in [0.25, 0.3) is 0 Å². The third kappa shape index (κ3) is 3.63. The van der Waals surface area contributed by atoms with Crippen LogP contribution < -0.4 is 5.32 Å². The monoisotopic (exact) mass is 363 g/mol. The number of benzene rings is 1. The van der Waals surface area contributed by atoms with Crippen molar-refractivity contribution in [3.05, 3.63) is 51.2 Å². The van der Waals surface area contributed by atoms with Crippen molar-refractivity contribution in [1.29, 1.82) is 0 Å². The maximum atomic E-state index is 12.7. The van der Waals surface area contributed by atoms with Crippen LogP contribution in [0.5, 0.6) is 0 Å². The fourth-order valence-corrected chi connectivity index (χ4v) is 5.00. The van der Waals surface area contributed by atoms with Crippen molar-refractivity contribution in [3.8, 4) is 0 Å². The molecule has 1 atom stereocenters. The summed E-state index contributed by atoms with van der Waals surface area (Å²) >= 11 is 3.30. The van der Waals surface area contributed by atoms with Gasteiger partial charge in [0.2, 0.25) is 5.91 Å². The summed E-state index contributed by atoms with van der Waals surface area (Å²) in [6.45, 7) is 0.289. The van der Waals surface area contributed by atoms with Gasteiger partial charge in [-0.2, -0.15) is 0 Å². The van der Waals surface area contributed by atoms with Gasteiger partial charge in [-0.05, 0) is 52.9 Å². The molecule has 3 rings (SSSR count). The molecule has 5 nitrogen and oxygen atoms in total. The van der Waals surface area contributed by atoms with Gasteiger partial charge in [-0.3, -0.25) is 4.79 Å². The second-order valence-electron chi connectivity index (χ2n) is 5.45. The van der Waals surface area contributed by atoms with Gasteiger partial charge in [0.1, 0.15) is 5.25 Å². The van der Waals surface area contributed by atoms with E-state index in [1.54, 1.807) is 42.3 Å². The highest BCUT2D eigenvalue weighted by molar-refractivity contribution is 8.00. The van der Waals surface area contributed by atoms with Crippen LogP contribution in [0.15, 0.2) is 29.6 Å². The molecule has 0 bridgehead atoms. The zero-order valence-electron chi connectivity index (χ0n) is 13.1. The number of anilines is 1. The average Bonchev–Trinajstić information content (AvgIpc) is 3.03. The van der Waals surface area contributed by atoms with Crippen LogP contribution >= 0.6 is 23.1 Å². The molecule has 1 aliphatic rings. The third-order valence-electron chi connectivity index (χ3n) is 3.73. The van der Waals surface area contributed by atoms with E-state index in [-0.39, 0.29) is 23.3 Å². The molecule has 0 fully saturated rings. The first-order chi connectivity index (χ1) is 11.6. The number of fused-ring (bicyclic) bond motifs is 1. The van der Waals surface area contributed by atoms with Crippen molar-refractivity contribution in [2.45, 2.75) is 18.3 Å². The lowest BCUT2D eigenvalue weighted by Gasteiger charge is -2.21. The first kappa shape index (κ1) is 17.0. The highest BCUT2D eigenvalue weighted by Crippen LogP contribution is 2.40. The van der Waals surface area contributed by atoms with Crippen LogP contribution in [-0.2, 0) is 22.6 Å². The van der Waals surface area contributed by atoms with E-state index in [9.17, 15) is 14.7 Å². The number of carboxylic acids is 1. The lowest BCUT2D eigenvalue weighted by Crippen LogP contribution is -2.22. The normalized spacial score (nSPS) is 16.5. The van der Waals surface area contributed by atoms with Gasteiger partial charge in [-0.1, -0.05) is 0 Å². The number of amides is 1. The summed E-state index contributed by atoms with van der Waals surface area (Å²) < 4.78 is 5.07. The fourth-order valence-electron chi connectivity index (χ4n) is 2.71. The Hall–Kier alpha value is -1.83. The lowest BCUT2D eigenvalue weighted by atomic mass is 10.1. The van der Waals surface area contributed by atoms with E-state index in [4.69, 9.17) is 4.74 Å². The van der Waals surface area contributed by atoms with E-state index in [1.807, 2.05) is 11.4 Å². The van der Waals surface area contributed by atoms with Crippen LogP contribution in [0.4, 0.5) is 5.69 Å². The van der Waals surface area contributed by atoms with Crippen molar-refractivity contribution in [3.63, 3.8) is 0 Å². The molecule has 0 saturated heterocycles. The molecule has 0 aliphatic carbocycles. The minimum Gasteiger partial charge on any atom is -0.478 e. The molecule has 126 valence electrons. The smallest absolute Gasteiger partial charge is 0.335 e. The van der Waals surface area contributed by atoms with Gasteiger partial charge in [0, 0.05) is 17.7 Å². The second kappa shape index (κ2) is 7.38. The van der Waals surface area contributed by atoms with Crippen molar-refractivity contribution in [2.75, 3.05) is 18.2 Å². The lowest BCUT2D eigenvalue weighted by molar-refractivity contribution is -0.115. The van der Waals surface area contributed by atoms with Crippen molar-refractivity contribution >= 4 is 40.7 Å². The van der Waals surface area contributed by atoms with Gasteiger partial charge < -0.3 is 15.2 Å². The van der Waals surface area contributed by atoms with Crippen molar-refractivity contribution in [2.24, 2.45) is 0 Å². The molecule has 24 heavy (non-hydrogen) atoms. The number of aromatic carboxylic acids is 1. The molecular weight excluding hydrogens is 346 g/mol. The Morgan fingerprint density at radius 3 is 2.96 bits per heavy atom. The second-order valence-corrected chi connectivity index (χ2v) is 7.66. The number of rotatable bonds is 5. The number of methoxy groups -OCH3 is 1. The number of carbonyl (C=O) groups excluding carboxylic acids is 1. The molecule has 1 aromatic heterocycles. The number of thiophene rings is 1. The number of carbonyl (C=O) groups is 2. The Morgan fingerprint density at radius 2 is 2.21 bits per heavy atom. The quantitative estimate of drug-likeness (QED) is 0.849. The van der Waals surface area contributed by atoms with E-state index in [0.29, 0.717) is 11.3 Å². The van der Waals surface area contributed by atoms with Gasteiger partial charge in [-0.25, -0.2) is 4.79 Å². The highest BCUT2D eigenvalue weighted by atomic mass is 32.2. The number of hydrogen-bond donors (Lipinski definition) is 2. The molecule has 0 radical (unpaired) electrons. The van der Waals surface area contributed by atoms with Gasteiger partial charge in [-0.15, -0.1) is 23.1 Å². The van der Waals surface area contributed by atoms with Gasteiger partial charge in [0.15, 0.2) is 0 Å². The molecule has 1 unspecified atom stereocenters. The van der Waals surface area contributed by atoms with Crippen LogP contribution in [0.2, 0.25) is 0 Å². The Bertz CT molecular complexity index is 772. The summed E-state index contributed by atoms with van der Waals surface area (Å²) in [5.41, 5.74) is 2.39. The maximum Gasteiger partial charge on any atom is 0.335 e. The number of carboxylic acid groups (broad SMARTS) is 1. The summed E-state index contributed by atoms with van der Waals surface area (Å²) in [4.78, 5) is 25.2. The third-order valence-corrected chi connectivity index (χ3v) is 5.97. The van der Waals surface area contributed by atoms with Crippen LogP contribution in [0.3, 0.4) is 0 Å². The van der Waals surface area contributed by atoms with Gasteiger partial charge in [0.25, 0.3) is 0 Å². The predicted molar refractivity (Wildman–Crippen MR) is 96.0 cm³/mol. The molecule has 1 aliphatic heterocycles. The molecule has 2 N–H and O–H groups in total. The van der Waals surface area contributed by atoms with E-state index >= 15 is 0 Å². The van der Waals surface area contributed by atoms with Gasteiger partial charge in [0.05, 0.1) is 12.2 Å². The SMILES string of the molecule is COCc1cc(NC(=O)C2SCCc3sccc32)cc(C(=O)O)c1. The average molecular weight is 363 g/mol. The highest BCUT2D eigenvalue weighted by Gasteiger charge is 2.28. The molecule has 2 heterocycles. The van der Waals surface area contributed by atoms with E-state index in [1.165, 1.54) is 10.9 Å². The van der Waals surface area contributed by atoms with Crippen LogP contribution in [0, 0.1) is 0 Å². The number of nitrogens with one attached hydrogen (secondary N) is 1. The van der Waals surface area contributed by atoms with Gasteiger partial charge >= 0.3 is 5.97 Å². The molecule has 7 heteroatoms. The zero-order valence-corrected chi connectivity index (χ0v) is 14.7. The maximum absolute atomic E-state index is 12.7. The Kier molecular flexibility index (Phi) is 5.23. The summed E-state index contributed by atoms with van der Waals surface area (Å²) in [6.07, 6.45) is 0.994. The minimum absolute atomic E-state index is 0.120. The molecule has 1 amide bonds. The number of thioether (sulfide) groups is 1. The molecule has 1 aromatic carbocycles. The Balaban J connectivity index is 1.83. The van der Waals surface area contributed by atoms with E-state index < -0.39 is 5.97 Å². The molecule has 0 saturated carbocycles. The first-order valence-corrected chi connectivity index (χ1v) is 9.36. The molecule has 2 aromatic rings. The summed E-state index contributed by atoms with van der Waals surface area (Å²) in [5.74, 6) is -0.240. The number of ether oxygens (including phenoxy) is 1. The van der Waals surface area contributed by atoms with Crippen LogP contribution in [-0.4, -0.2) is 29.8 Å². The molecular formula is C17H17NO4S2. The summed E-state index contributed by atoms with van der Waals surface area (Å²) in [5, 5.41) is 13.9. The van der Waals surface area contributed by atoms with E-state index in [0.717, 1.165) is 17.7 Å². The first-order valence-electron chi connectivity index (χ1n) is 7.43. The number of aryl methyl sites for hydroxylation is 1. The molecule has 0 spiro atoms. The standard InChI is InChI=1S/C17H17NO4S2/c1-22-9-10-6-11(17(20)21)8-12(7-10)18-16(19)15-13-2-4-23-14(13)3-5-24-15/h2,4,6-8,15H,3,5,9H2,1H3,(H,18,19)(H,20,21). The Morgan fingerprint density at radius 1 is 1.38 bits per heavy atom. The zero-order chi connectivity index (χ0) is 17.1. The predicted octanol–water partition coefficient (Wildman–Crippen LogP) is 3.56. The van der Waals surface area contributed by atoms with E-state index in [2.05, 4.69) is 5.32 Å². The Labute approximate surface area is 148 Å². The largest absolute Gasteiger partial charge is 0.478 e. The minimum atomic E-state index is -1.03. The van der Waals surface area contributed by atoms with Crippen LogP contribution in [0.1, 0.15) is 31.6 Å². The fraction of sp³-hybridized carbons (Fsp3) is 0.294. The van der Waals surface area contributed by atoms with Crippen molar-refractivity contribution in [1.82, 2.24) is 0 Å². The summed E-state index contributed by atoms with van der Waals surface area (Å²) in [7, 11) is 1.54. The summed E-state index contributed by atoms with van der Waals surface area (Å²) in [6, 6.07) is 6.77. The number of hydrogen-bond acceptors (Lipinski definition) is 5.